The van der Waals surface area contributed by atoms with E-state index >= 15 is 0 Å². The summed E-state index contributed by atoms with van der Waals surface area (Å²) in [4.78, 5) is 21.2. The lowest BCUT2D eigenvalue weighted by molar-refractivity contribution is 0.100. The van der Waals surface area contributed by atoms with Crippen molar-refractivity contribution in [3.8, 4) is 5.95 Å². The molecule has 7 heteroatoms. The maximum absolute atomic E-state index is 13.5. The van der Waals surface area contributed by atoms with Crippen molar-refractivity contribution in [3.05, 3.63) is 82.9 Å². The number of primary amides is 1. The van der Waals surface area contributed by atoms with Gasteiger partial charge in [-0.25, -0.2) is 9.37 Å². The fourth-order valence-electron chi connectivity index (χ4n) is 3.73. The number of benzene rings is 2. The lowest BCUT2D eigenvalue weighted by atomic mass is 10.1. The number of anilines is 1. The summed E-state index contributed by atoms with van der Waals surface area (Å²) in [5.41, 5.74) is 9.49. The van der Waals surface area contributed by atoms with Gasteiger partial charge in [0.1, 0.15) is 11.6 Å². The minimum absolute atomic E-state index is 0.202. The highest BCUT2D eigenvalue weighted by atomic mass is 19.1. The summed E-state index contributed by atoms with van der Waals surface area (Å²) in [6.45, 7) is 6.51. The number of aromatic nitrogens is 3. The Morgan fingerprint density at radius 2 is 1.97 bits per heavy atom. The molecule has 1 amide bonds. The summed E-state index contributed by atoms with van der Waals surface area (Å²) < 4.78 is 15.4. The van der Waals surface area contributed by atoms with Crippen LogP contribution in [0.1, 0.15) is 46.9 Å². The topological polar surface area (TPSA) is 85.8 Å². The van der Waals surface area contributed by atoms with Gasteiger partial charge in [0.15, 0.2) is 0 Å². The maximum Gasteiger partial charge on any atom is 0.249 e. The van der Waals surface area contributed by atoms with Crippen LogP contribution >= 0.6 is 0 Å². The number of fused-ring (bicyclic) bond motifs is 1. The Hall–Kier alpha value is -3.74. The molecule has 0 radical (unpaired) electrons. The van der Waals surface area contributed by atoms with Crippen molar-refractivity contribution in [2.75, 3.05) is 5.32 Å². The summed E-state index contributed by atoms with van der Waals surface area (Å²) in [7, 11) is 0. The number of aryl methyl sites for hydroxylation is 1. The van der Waals surface area contributed by atoms with E-state index in [1.54, 1.807) is 18.2 Å². The average molecular weight is 417 g/mol. The highest BCUT2D eigenvalue weighted by molar-refractivity contribution is 6.06. The van der Waals surface area contributed by atoms with Crippen LogP contribution in [0.25, 0.3) is 16.9 Å². The smallest absolute Gasteiger partial charge is 0.249 e. The van der Waals surface area contributed by atoms with E-state index in [1.165, 1.54) is 12.1 Å². The van der Waals surface area contributed by atoms with E-state index in [0.29, 0.717) is 23.9 Å². The quantitative estimate of drug-likeness (QED) is 0.476. The molecule has 4 aromatic rings. The Morgan fingerprint density at radius 1 is 1.19 bits per heavy atom. The summed E-state index contributed by atoms with van der Waals surface area (Å²) in [6, 6.07) is 13.8. The first-order valence-electron chi connectivity index (χ1n) is 10.1. The molecule has 4 rings (SSSR count). The van der Waals surface area contributed by atoms with Crippen LogP contribution in [0.4, 0.5) is 10.2 Å². The van der Waals surface area contributed by atoms with Gasteiger partial charge in [0.05, 0.1) is 5.52 Å². The lowest BCUT2D eigenvalue weighted by Gasteiger charge is -2.16. The van der Waals surface area contributed by atoms with E-state index in [9.17, 15) is 9.18 Å². The number of carbonyl (C=O) groups excluding carboxylic acids is 1. The van der Waals surface area contributed by atoms with Crippen LogP contribution in [-0.4, -0.2) is 20.4 Å². The Balaban J connectivity index is 1.78. The SMILES string of the molecule is Cc1cc2c(C(N)=O)cccc2n1-c1ncc(C(C)C)c(NCc2cccc(F)c2)n1. The van der Waals surface area contributed by atoms with Crippen LogP contribution < -0.4 is 11.1 Å². The molecular formula is C24H24FN5O. The van der Waals surface area contributed by atoms with Gasteiger partial charge in [-0.2, -0.15) is 4.98 Å². The molecule has 0 unspecified atom stereocenters. The molecule has 0 aliphatic heterocycles. The number of nitrogens with one attached hydrogen (secondary N) is 1. The summed E-state index contributed by atoms with van der Waals surface area (Å²) in [6.07, 6.45) is 1.81. The molecule has 31 heavy (non-hydrogen) atoms. The van der Waals surface area contributed by atoms with E-state index in [1.807, 2.05) is 35.9 Å². The normalized spacial score (nSPS) is 11.3. The number of nitrogens with two attached hydrogens (primary N) is 1. The molecule has 0 aliphatic rings. The monoisotopic (exact) mass is 417 g/mol. The van der Waals surface area contributed by atoms with E-state index in [4.69, 9.17) is 10.7 Å². The van der Waals surface area contributed by atoms with Gasteiger partial charge in [-0.3, -0.25) is 9.36 Å². The number of hydrogen-bond donors (Lipinski definition) is 2. The summed E-state index contributed by atoms with van der Waals surface area (Å²) in [5.74, 6) is 0.632. The van der Waals surface area contributed by atoms with Gasteiger partial charge >= 0.3 is 0 Å². The van der Waals surface area contributed by atoms with E-state index in [0.717, 1.165) is 27.7 Å². The van der Waals surface area contributed by atoms with Crippen LogP contribution in [0.2, 0.25) is 0 Å². The second kappa shape index (κ2) is 8.18. The first-order valence-corrected chi connectivity index (χ1v) is 10.1. The van der Waals surface area contributed by atoms with Crippen LogP contribution in [-0.2, 0) is 6.54 Å². The van der Waals surface area contributed by atoms with Crippen LogP contribution in [0.15, 0.2) is 54.7 Å². The van der Waals surface area contributed by atoms with Crippen LogP contribution in [0, 0.1) is 12.7 Å². The van der Waals surface area contributed by atoms with Gasteiger partial charge in [-0.05, 0) is 48.7 Å². The van der Waals surface area contributed by atoms with E-state index in [-0.39, 0.29) is 11.7 Å². The third-order valence-corrected chi connectivity index (χ3v) is 5.27. The first kappa shape index (κ1) is 20.5. The van der Waals surface area contributed by atoms with Gasteiger partial charge in [-0.1, -0.05) is 32.0 Å². The molecule has 0 bridgehead atoms. The van der Waals surface area contributed by atoms with Gasteiger partial charge < -0.3 is 11.1 Å². The molecule has 0 saturated heterocycles. The predicted octanol–water partition coefficient (Wildman–Crippen LogP) is 4.70. The third-order valence-electron chi connectivity index (χ3n) is 5.27. The fraction of sp³-hybridized carbons (Fsp3) is 0.208. The van der Waals surface area contributed by atoms with E-state index < -0.39 is 5.91 Å². The number of rotatable bonds is 6. The zero-order chi connectivity index (χ0) is 22.1. The highest BCUT2D eigenvalue weighted by Gasteiger charge is 2.17. The molecule has 0 saturated carbocycles. The Bertz CT molecular complexity index is 1280. The number of hydrogen-bond acceptors (Lipinski definition) is 4. The van der Waals surface area contributed by atoms with Crippen LogP contribution in [0.3, 0.4) is 0 Å². The van der Waals surface area contributed by atoms with Gasteiger partial charge in [-0.15, -0.1) is 0 Å². The van der Waals surface area contributed by atoms with Crippen molar-refractivity contribution in [2.24, 2.45) is 5.73 Å². The predicted molar refractivity (Wildman–Crippen MR) is 120 cm³/mol. The third kappa shape index (κ3) is 3.99. The standard InChI is InChI=1S/C24H24FN5O/c1-14(2)20-13-28-24(29-23(20)27-12-16-6-4-7-17(25)11-16)30-15(3)10-19-18(22(26)31)8-5-9-21(19)30/h4-11,13-14H,12H2,1-3H3,(H2,26,31)(H,27,28,29). The molecule has 2 heterocycles. The summed E-state index contributed by atoms with van der Waals surface area (Å²) in [5, 5.41) is 4.09. The molecule has 158 valence electrons. The van der Waals surface area contributed by atoms with Crippen molar-refractivity contribution in [3.63, 3.8) is 0 Å². The Labute approximate surface area is 179 Å². The Morgan fingerprint density at radius 3 is 2.68 bits per heavy atom. The molecule has 2 aromatic heterocycles. The minimum atomic E-state index is -0.476. The zero-order valence-corrected chi connectivity index (χ0v) is 17.7. The number of amides is 1. The molecule has 0 aliphatic carbocycles. The summed E-state index contributed by atoms with van der Waals surface area (Å²) >= 11 is 0. The highest BCUT2D eigenvalue weighted by Crippen LogP contribution is 2.28. The molecular weight excluding hydrogens is 393 g/mol. The van der Waals surface area contributed by atoms with Crippen molar-refractivity contribution in [2.45, 2.75) is 33.2 Å². The minimum Gasteiger partial charge on any atom is -0.366 e. The van der Waals surface area contributed by atoms with Crippen molar-refractivity contribution >= 4 is 22.6 Å². The Kier molecular flexibility index (Phi) is 5.42. The molecule has 3 N–H and O–H groups in total. The number of nitrogens with zero attached hydrogens (tertiary/aromatic N) is 3. The van der Waals surface area contributed by atoms with Crippen molar-refractivity contribution in [1.29, 1.82) is 0 Å². The molecule has 0 fully saturated rings. The molecule has 2 aromatic carbocycles. The largest absolute Gasteiger partial charge is 0.366 e. The van der Waals surface area contributed by atoms with Gasteiger partial charge in [0.25, 0.3) is 0 Å². The molecule has 0 spiro atoms. The average Bonchev–Trinajstić information content (AvgIpc) is 3.07. The van der Waals surface area contributed by atoms with Crippen LogP contribution in [0.5, 0.6) is 0 Å². The fourth-order valence-corrected chi connectivity index (χ4v) is 3.73. The lowest BCUT2D eigenvalue weighted by Crippen LogP contribution is -2.12. The number of carbonyl (C=O) groups is 1. The van der Waals surface area contributed by atoms with E-state index in [2.05, 4.69) is 24.1 Å². The molecule has 0 atom stereocenters. The van der Waals surface area contributed by atoms with Crippen molar-refractivity contribution < 1.29 is 9.18 Å². The van der Waals surface area contributed by atoms with Gasteiger partial charge in [0.2, 0.25) is 11.9 Å². The first-order chi connectivity index (χ1) is 14.8. The van der Waals surface area contributed by atoms with Gasteiger partial charge in [0, 0.05) is 34.9 Å². The second-order valence-corrected chi connectivity index (χ2v) is 7.84. The van der Waals surface area contributed by atoms with Crippen molar-refractivity contribution in [1.82, 2.24) is 14.5 Å². The maximum atomic E-state index is 13.5. The molecule has 6 nitrogen and oxygen atoms in total. The zero-order valence-electron chi connectivity index (χ0n) is 17.7. The second-order valence-electron chi connectivity index (χ2n) is 7.84. The number of halogens is 1.